The number of piperidine rings is 1. The normalized spacial score (nSPS) is 23.2. The van der Waals surface area contributed by atoms with Crippen molar-refractivity contribution in [2.45, 2.75) is 52.0 Å². The smallest absolute Gasteiger partial charge is 0.0531 e. The SMILES string of the molecule is COCC1(CN(CCC(C)C)C2CC2)CCNCC1. The second-order valence-electron chi connectivity index (χ2n) is 7.07. The van der Waals surface area contributed by atoms with Crippen LogP contribution in [0.3, 0.4) is 0 Å². The van der Waals surface area contributed by atoms with Crippen LogP contribution in [0, 0.1) is 11.3 Å². The standard InChI is InChI=1S/C16H32N2O/c1-14(2)6-11-18(15-4-5-15)12-16(13-19-3)7-9-17-10-8-16/h14-15,17H,4-13H2,1-3H3. The second-order valence-corrected chi connectivity index (χ2v) is 7.07. The van der Waals surface area contributed by atoms with E-state index in [-0.39, 0.29) is 0 Å². The summed E-state index contributed by atoms with van der Waals surface area (Å²) >= 11 is 0. The van der Waals surface area contributed by atoms with Gasteiger partial charge in [-0.3, -0.25) is 4.90 Å². The Labute approximate surface area is 119 Å². The first-order chi connectivity index (χ1) is 9.15. The maximum atomic E-state index is 5.56. The van der Waals surface area contributed by atoms with E-state index >= 15 is 0 Å². The number of ether oxygens (including phenoxy) is 1. The summed E-state index contributed by atoms with van der Waals surface area (Å²) in [5.74, 6) is 0.813. The molecule has 0 aromatic rings. The summed E-state index contributed by atoms with van der Waals surface area (Å²) in [5, 5.41) is 3.49. The summed E-state index contributed by atoms with van der Waals surface area (Å²) in [7, 11) is 1.86. The third kappa shape index (κ3) is 4.73. The Morgan fingerprint density at radius 2 is 1.95 bits per heavy atom. The molecule has 2 aliphatic rings. The number of rotatable bonds is 8. The molecule has 0 atom stereocenters. The van der Waals surface area contributed by atoms with Crippen molar-refractivity contribution in [2.75, 3.05) is 39.9 Å². The van der Waals surface area contributed by atoms with Gasteiger partial charge in [0.25, 0.3) is 0 Å². The third-order valence-corrected chi connectivity index (χ3v) is 4.71. The fourth-order valence-corrected chi connectivity index (χ4v) is 3.30. The molecule has 0 amide bonds. The first-order valence-electron chi connectivity index (χ1n) is 8.09. The monoisotopic (exact) mass is 268 g/mol. The van der Waals surface area contributed by atoms with Crippen LogP contribution in [-0.2, 0) is 4.74 Å². The predicted octanol–water partition coefficient (Wildman–Crippen LogP) is 2.51. The minimum absolute atomic E-state index is 0.402. The lowest BCUT2D eigenvalue weighted by Crippen LogP contribution is -2.48. The van der Waals surface area contributed by atoms with E-state index in [2.05, 4.69) is 24.1 Å². The molecule has 2 rings (SSSR count). The maximum absolute atomic E-state index is 5.56. The van der Waals surface area contributed by atoms with Crippen LogP contribution in [-0.4, -0.2) is 50.8 Å². The summed E-state index contributed by atoms with van der Waals surface area (Å²) in [6.07, 6.45) is 6.70. The molecule has 1 saturated heterocycles. The van der Waals surface area contributed by atoms with E-state index in [1.165, 1.54) is 45.2 Å². The van der Waals surface area contributed by atoms with Crippen molar-refractivity contribution >= 4 is 0 Å². The van der Waals surface area contributed by atoms with Gasteiger partial charge in [0.2, 0.25) is 0 Å². The highest BCUT2D eigenvalue weighted by Gasteiger charge is 2.38. The third-order valence-electron chi connectivity index (χ3n) is 4.71. The number of hydrogen-bond donors (Lipinski definition) is 1. The quantitative estimate of drug-likeness (QED) is 0.732. The van der Waals surface area contributed by atoms with Crippen LogP contribution in [0.4, 0.5) is 0 Å². The fraction of sp³-hybridized carbons (Fsp3) is 1.00. The highest BCUT2D eigenvalue weighted by atomic mass is 16.5. The molecule has 0 aromatic heterocycles. The molecule has 2 fully saturated rings. The van der Waals surface area contributed by atoms with Crippen molar-refractivity contribution in [2.24, 2.45) is 11.3 Å². The summed E-state index contributed by atoms with van der Waals surface area (Å²) < 4.78 is 5.56. The molecule has 3 nitrogen and oxygen atoms in total. The summed E-state index contributed by atoms with van der Waals surface area (Å²) in [5.41, 5.74) is 0.402. The zero-order valence-corrected chi connectivity index (χ0v) is 13.1. The minimum Gasteiger partial charge on any atom is -0.384 e. The summed E-state index contributed by atoms with van der Waals surface area (Å²) in [6, 6.07) is 0.877. The van der Waals surface area contributed by atoms with Gasteiger partial charge < -0.3 is 10.1 Å². The Balaban J connectivity index is 1.92. The molecule has 0 aromatic carbocycles. The fourth-order valence-electron chi connectivity index (χ4n) is 3.30. The van der Waals surface area contributed by atoms with Gasteiger partial charge in [0.15, 0.2) is 0 Å². The molecule has 0 radical (unpaired) electrons. The Morgan fingerprint density at radius 1 is 1.26 bits per heavy atom. The number of nitrogens with one attached hydrogen (secondary N) is 1. The molecule has 1 aliphatic carbocycles. The lowest BCUT2D eigenvalue weighted by Gasteiger charge is -2.41. The molecule has 0 bridgehead atoms. The van der Waals surface area contributed by atoms with Gasteiger partial charge >= 0.3 is 0 Å². The van der Waals surface area contributed by atoms with Crippen molar-refractivity contribution in [3.63, 3.8) is 0 Å². The van der Waals surface area contributed by atoms with Gasteiger partial charge in [0.1, 0.15) is 0 Å². The van der Waals surface area contributed by atoms with Gasteiger partial charge in [-0.25, -0.2) is 0 Å². The molecule has 1 N–H and O–H groups in total. The number of nitrogens with zero attached hydrogens (tertiary/aromatic N) is 1. The molecule has 0 unspecified atom stereocenters. The van der Waals surface area contributed by atoms with Crippen LogP contribution in [0.25, 0.3) is 0 Å². The van der Waals surface area contributed by atoms with E-state index in [4.69, 9.17) is 4.74 Å². The van der Waals surface area contributed by atoms with E-state index < -0.39 is 0 Å². The average molecular weight is 268 g/mol. The van der Waals surface area contributed by atoms with Gasteiger partial charge in [-0.1, -0.05) is 13.8 Å². The Morgan fingerprint density at radius 3 is 2.47 bits per heavy atom. The van der Waals surface area contributed by atoms with Crippen LogP contribution in [0.5, 0.6) is 0 Å². The van der Waals surface area contributed by atoms with Crippen LogP contribution < -0.4 is 5.32 Å². The number of hydrogen-bond acceptors (Lipinski definition) is 3. The largest absolute Gasteiger partial charge is 0.384 e. The molecular formula is C16H32N2O. The highest BCUT2D eigenvalue weighted by molar-refractivity contribution is 4.92. The van der Waals surface area contributed by atoms with Crippen LogP contribution in [0.2, 0.25) is 0 Å². The van der Waals surface area contributed by atoms with Crippen molar-refractivity contribution in [1.29, 1.82) is 0 Å². The van der Waals surface area contributed by atoms with E-state index in [1.807, 2.05) is 7.11 Å². The zero-order chi connectivity index (χ0) is 13.7. The Kier molecular flexibility index (Phi) is 5.67. The van der Waals surface area contributed by atoms with Gasteiger partial charge in [-0.2, -0.15) is 0 Å². The lowest BCUT2D eigenvalue weighted by atomic mass is 9.79. The van der Waals surface area contributed by atoms with Gasteiger partial charge in [0, 0.05) is 25.1 Å². The first-order valence-corrected chi connectivity index (χ1v) is 8.09. The Hall–Kier alpha value is -0.120. The van der Waals surface area contributed by atoms with E-state index in [0.29, 0.717) is 5.41 Å². The second kappa shape index (κ2) is 7.05. The average Bonchev–Trinajstić information content (AvgIpc) is 3.20. The maximum Gasteiger partial charge on any atom is 0.0531 e. The Bertz CT molecular complexity index is 252. The van der Waals surface area contributed by atoms with Crippen molar-refractivity contribution < 1.29 is 4.74 Å². The van der Waals surface area contributed by atoms with Crippen LogP contribution >= 0.6 is 0 Å². The van der Waals surface area contributed by atoms with Crippen molar-refractivity contribution in [3.05, 3.63) is 0 Å². The molecule has 0 spiro atoms. The lowest BCUT2D eigenvalue weighted by molar-refractivity contribution is 0.0190. The van der Waals surface area contributed by atoms with Gasteiger partial charge in [-0.05, 0) is 57.7 Å². The molecule has 3 heteroatoms. The van der Waals surface area contributed by atoms with Gasteiger partial charge in [-0.15, -0.1) is 0 Å². The predicted molar refractivity (Wildman–Crippen MR) is 80.5 cm³/mol. The van der Waals surface area contributed by atoms with Crippen molar-refractivity contribution in [1.82, 2.24) is 10.2 Å². The molecular weight excluding hydrogens is 236 g/mol. The van der Waals surface area contributed by atoms with E-state index in [0.717, 1.165) is 31.7 Å². The topological polar surface area (TPSA) is 24.5 Å². The van der Waals surface area contributed by atoms with Gasteiger partial charge in [0.05, 0.1) is 6.61 Å². The zero-order valence-electron chi connectivity index (χ0n) is 13.1. The minimum atomic E-state index is 0.402. The summed E-state index contributed by atoms with van der Waals surface area (Å²) in [6.45, 7) is 10.4. The highest BCUT2D eigenvalue weighted by Crippen LogP contribution is 2.35. The number of methoxy groups -OCH3 is 1. The molecule has 1 aliphatic heterocycles. The molecule has 1 heterocycles. The first kappa shape index (κ1) is 15.3. The van der Waals surface area contributed by atoms with E-state index in [9.17, 15) is 0 Å². The summed E-state index contributed by atoms with van der Waals surface area (Å²) in [4.78, 5) is 2.77. The van der Waals surface area contributed by atoms with E-state index in [1.54, 1.807) is 0 Å². The molecule has 1 saturated carbocycles. The van der Waals surface area contributed by atoms with Crippen LogP contribution in [0.15, 0.2) is 0 Å². The van der Waals surface area contributed by atoms with Crippen molar-refractivity contribution in [3.8, 4) is 0 Å². The molecule has 19 heavy (non-hydrogen) atoms. The molecule has 112 valence electrons. The van der Waals surface area contributed by atoms with Crippen LogP contribution in [0.1, 0.15) is 46.0 Å².